The van der Waals surface area contributed by atoms with Crippen molar-refractivity contribution in [3.05, 3.63) is 82.2 Å². The summed E-state index contributed by atoms with van der Waals surface area (Å²) in [6, 6.07) is 13.1. The minimum atomic E-state index is -0.731. The van der Waals surface area contributed by atoms with Crippen LogP contribution in [0.2, 0.25) is 0 Å². The maximum Gasteiger partial charge on any atom is 0.273 e. The van der Waals surface area contributed by atoms with Crippen molar-refractivity contribution in [2.75, 3.05) is 39.3 Å². The van der Waals surface area contributed by atoms with Crippen molar-refractivity contribution in [3.63, 3.8) is 0 Å². The van der Waals surface area contributed by atoms with Crippen molar-refractivity contribution < 1.29 is 38.3 Å². The highest BCUT2D eigenvalue weighted by Crippen LogP contribution is 2.42. The normalized spacial score (nSPS) is 22.0. The van der Waals surface area contributed by atoms with E-state index in [0.717, 1.165) is 18.4 Å². The van der Waals surface area contributed by atoms with Gasteiger partial charge in [-0.1, -0.05) is 42.3 Å². The Bertz CT molecular complexity index is 1760. The Kier molecular flexibility index (Phi) is 8.93. The zero-order chi connectivity index (χ0) is 34.2. The lowest BCUT2D eigenvalue weighted by Crippen LogP contribution is -2.57. The van der Waals surface area contributed by atoms with Gasteiger partial charge in [-0.2, -0.15) is 0 Å². The Morgan fingerprint density at radius 2 is 1.67 bits per heavy atom. The molecule has 2 unspecified atom stereocenters. The molecule has 3 aromatic rings. The Hall–Kier alpha value is -5.04. The second-order valence-corrected chi connectivity index (χ2v) is 13.2. The van der Waals surface area contributed by atoms with Gasteiger partial charge in [0, 0.05) is 43.1 Å². The molecule has 1 aliphatic carbocycles. The third-order valence-corrected chi connectivity index (χ3v) is 10.1. The molecule has 1 aromatic heterocycles. The van der Waals surface area contributed by atoms with Gasteiger partial charge in [-0.05, 0) is 49.9 Å². The third-order valence-electron chi connectivity index (χ3n) is 10.1. The first kappa shape index (κ1) is 32.5. The van der Waals surface area contributed by atoms with E-state index in [1.54, 1.807) is 47.1 Å². The maximum atomic E-state index is 14.6. The van der Waals surface area contributed by atoms with Crippen LogP contribution in [-0.4, -0.2) is 99.9 Å². The largest absolute Gasteiger partial charge is 0.491 e. The molecule has 3 atom stereocenters. The van der Waals surface area contributed by atoms with Crippen LogP contribution >= 0.6 is 0 Å². The molecule has 49 heavy (non-hydrogen) atoms. The SMILES string of the molecule is Cc1cc(C(=O)NCCOc2cccc3c2[C@@H](CN2C(=O)c4ccccc4C2=O)N(C(=O)C2CCCCC2C(=O)N2CC(O)C2)CC3)no1. The molecule has 0 spiro atoms. The number of nitrogens with one attached hydrogen (secondary N) is 1. The second kappa shape index (κ2) is 13.5. The summed E-state index contributed by atoms with van der Waals surface area (Å²) in [6.07, 6.45) is 2.76. The number of benzene rings is 2. The number of rotatable bonds is 9. The molecule has 0 bridgehead atoms. The number of fused-ring (bicyclic) bond motifs is 2. The molecule has 2 fully saturated rings. The van der Waals surface area contributed by atoms with Gasteiger partial charge in [-0.15, -0.1) is 0 Å². The van der Waals surface area contributed by atoms with Crippen LogP contribution in [0.5, 0.6) is 5.75 Å². The molecular weight excluding hydrogens is 630 g/mol. The van der Waals surface area contributed by atoms with Gasteiger partial charge in [0.15, 0.2) is 5.69 Å². The van der Waals surface area contributed by atoms with Gasteiger partial charge in [-0.25, -0.2) is 0 Å². The van der Waals surface area contributed by atoms with Crippen LogP contribution in [-0.2, 0) is 16.0 Å². The number of aliphatic hydroxyl groups excluding tert-OH is 1. The first-order valence-electron chi connectivity index (χ1n) is 16.9. The number of hydrogen-bond donors (Lipinski definition) is 2. The number of aliphatic hydroxyl groups is 1. The molecule has 4 aliphatic rings. The number of imide groups is 1. The molecule has 256 valence electrons. The predicted molar refractivity (Wildman–Crippen MR) is 174 cm³/mol. The van der Waals surface area contributed by atoms with E-state index < -0.39 is 41.7 Å². The fourth-order valence-electron chi connectivity index (χ4n) is 7.59. The average molecular weight is 670 g/mol. The standard InChI is InChI=1S/C36H39N5O8/c1-21-17-28(38-49-21)32(43)37-14-16-48-30-12-6-7-22-13-15-40(34(45)25-9-3-2-8-24(25)33(44)39-18-23(42)19-39)29(31(22)30)20-41-35(46)26-10-4-5-11-27(26)36(41)47/h4-7,10-12,17,23-25,29,42H,2-3,8-9,13-16,18-20H2,1H3,(H,37,43)/t24?,25?,29-/m1/s1. The van der Waals surface area contributed by atoms with Gasteiger partial charge < -0.3 is 29.5 Å². The van der Waals surface area contributed by atoms with Crippen molar-refractivity contribution in [2.45, 2.75) is 51.2 Å². The van der Waals surface area contributed by atoms with Gasteiger partial charge in [0.05, 0.1) is 36.4 Å². The summed E-state index contributed by atoms with van der Waals surface area (Å²) in [5, 5.41) is 16.3. The van der Waals surface area contributed by atoms with Crippen LogP contribution in [0.25, 0.3) is 0 Å². The average Bonchev–Trinajstić information content (AvgIpc) is 3.65. The number of amides is 5. The van der Waals surface area contributed by atoms with E-state index in [1.165, 1.54) is 11.0 Å². The Balaban J connectivity index is 1.17. The van der Waals surface area contributed by atoms with E-state index in [0.29, 0.717) is 54.0 Å². The highest BCUT2D eigenvalue weighted by atomic mass is 16.5. The first-order chi connectivity index (χ1) is 23.7. The molecule has 3 aliphatic heterocycles. The van der Waals surface area contributed by atoms with E-state index in [9.17, 15) is 29.1 Å². The molecule has 0 radical (unpaired) electrons. The summed E-state index contributed by atoms with van der Waals surface area (Å²) in [5.74, 6) is -1.61. The summed E-state index contributed by atoms with van der Waals surface area (Å²) in [7, 11) is 0. The number of carbonyl (C=O) groups excluding carboxylic acids is 5. The van der Waals surface area contributed by atoms with Crippen LogP contribution < -0.4 is 10.1 Å². The Morgan fingerprint density at radius 1 is 0.980 bits per heavy atom. The number of likely N-dealkylation sites (tertiary alicyclic amines) is 1. The molecule has 2 aromatic carbocycles. The van der Waals surface area contributed by atoms with E-state index in [1.807, 2.05) is 12.1 Å². The fraction of sp³-hybridized carbons (Fsp3) is 0.444. The van der Waals surface area contributed by atoms with Crippen LogP contribution in [0.1, 0.15) is 79.8 Å². The first-order valence-corrected chi connectivity index (χ1v) is 16.9. The molecular formula is C36H39N5O8. The minimum Gasteiger partial charge on any atom is -0.491 e. The zero-order valence-electron chi connectivity index (χ0n) is 27.3. The summed E-state index contributed by atoms with van der Waals surface area (Å²) in [4.78, 5) is 72.4. The lowest BCUT2D eigenvalue weighted by Gasteiger charge is -2.44. The number of carbonyl (C=O) groups is 5. The van der Waals surface area contributed by atoms with Crippen molar-refractivity contribution in [2.24, 2.45) is 11.8 Å². The minimum absolute atomic E-state index is 0.0860. The van der Waals surface area contributed by atoms with Crippen molar-refractivity contribution in [3.8, 4) is 5.75 Å². The van der Waals surface area contributed by atoms with Crippen LogP contribution in [0.4, 0.5) is 0 Å². The number of β-amino-alcohol motifs (C(OH)–C–C–N with tert-alkyl or cyclic N) is 1. The Labute approximate surface area is 283 Å². The summed E-state index contributed by atoms with van der Waals surface area (Å²) < 4.78 is 11.2. The molecule has 13 heteroatoms. The third kappa shape index (κ3) is 6.18. The molecule has 13 nitrogen and oxygen atoms in total. The number of hydrogen-bond acceptors (Lipinski definition) is 9. The summed E-state index contributed by atoms with van der Waals surface area (Å²) in [5.41, 5.74) is 2.42. The van der Waals surface area contributed by atoms with Crippen molar-refractivity contribution in [1.29, 1.82) is 0 Å². The number of ether oxygens (including phenoxy) is 1. The predicted octanol–water partition coefficient (Wildman–Crippen LogP) is 2.52. The molecule has 1 saturated heterocycles. The Morgan fingerprint density at radius 3 is 2.33 bits per heavy atom. The highest BCUT2D eigenvalue weighted by molar-refractivity contribution is 6.21. The highest BCUT2D eigenvalue weighted by Gasteiger charge is 2.46. The molecule has 7 rings (SSSR count). The van der Waals surface area contributed by atoms with Gasteiger partial charge in [0.25, 0.3) is 17.7 Å². The smallest absolute Gasteiger partial charge is 0.273 e. The van der Waals surface area contributed by atoms with Gasteiger partial charge in [0.2, 0.25) is 11.8 Å². The van der Waals surface area contributed by atoms with Crippen molar-refractivity contribution >= 4 is 29.5 Å². The summed E-state index contributed by atoms with van der Waals surface area (Å²) in [6.45, 7) is 2.77. The van der Waals surface area contributed by atoms with Crippen LogP contribution in [0, 0.1) is 18.8 Å². The number of nitrogens with zero attached hydrogens (tertiary/aromatic N) is 4. The molecule has 5 amide bonds. The van der Waals surface area contributed by atoms with E-state index >= 15 is 0 Å². The second-order valence-electron chi connectivity index (χ2n) is 13.2. The van der Waals surface area contributed by atoms with Crippen LogP contribution in [0.15, 0.2) is 53.1 Å². The molecule has 2 N–H and O–H groups in total. The van der Waals surface area contributed by atoms with E-state index in [2.05, 4.69) is 10.5 Å². The van der Waals surface area contributed by atoms with E-state index in [-0.39, 0.29) is 50.3 Å². The van der Waals surface area contributed by atoms with Crippen LogP contribution in [0.3, 0.4) is 0 Å². The van der Waals surface area contributed by atoms with Gasteiger partial charge in [-0.3, -0.25) is 28.9 Å². The topological polar surface area (TPSA) is 163 Å². The summed E-state index contributed by atoms with van der Waals surface area (Å²) >= 11 is 0. The number of aromatic nitrogens is 1. The monoisotopic (exact) mass is 669 g/mol. The quantitative estimate of drug-likeness (QED) is 0.258. The van der Waals surface area contributed by atoms with Gasteiger partial charge in [0.1, 0.15) is 18.1 Å². The van der Waals surface area contributed by atoms with E-state index in [4.69, 9.17) is 9.26 Å². The van der Waals surface area contributed by atoms with Crippen molar-refractivity contribution in [1.82, 2.24) is 25.2 Å². The van der Waals surface area contributed by atoms with Gasteiger partial charge >= 0.3 is 0 Å². The molecule has 4 heterocycles. The maximum absolute atomic E-state index is 14.6. The number of aryl methyl sites for hydroxylation is 1. The fourth-order valence-corrected chi connectivity index (χ4v) is 7.59. The molecule has 1 saturated carbocycles. The lowest BCUT2D eigenvalue weighted by atomic mass is 9.76. The zero-order valence-corrected chi connectivity index (χ0v) is 27.3. The lowest BCUT2D eigenvalue weighted by molar-refractivity contribution is -0.155.